The molecule has 1 fully saturated rings. The smallest absolute Gasteiger partial charge is 0.138 e. The van der Waals surface area contributed by atoms with Crippen LogP contribution in [0, 0.1) is 0 Å². The van der Waals surface area contributed by atoms with Crippen LogP contribution in [0.3, 0.4) is 0 Å². The Bertz CT molecular complexity index is 409. The molecule has 0 bridgehead atoms. The zero-order valence-corrected chi connectivity index (χ0v) is 11.1. The molecule has 0 spiro atoms. The molecule has 2 unspecified atom stereocenters. The van der Waals surface area contributed by atoms with E-state index in [4.69, 9.17) is 10.5 Å². The lowest BCUT2D eigenvalue weighted by Gasteiger charge is -2.35. The van der Waals surface area contributed by atoms with E-state index in [2.05, 4.69) is 4.98 Å². The van der Waals surface area contributed by atoms with Gasteiger partial charge in [-0.05, 0) is 45.6 Å². The summed E-state index contributed by atoms with van der Waals surface area (Å²) in [5.74, 6) is 0.704. The first-order valence-corrected chi connectivity index (χ1v) is 6.60. The van der Waals surface area contributed by atoms with Crippen molar-refractivity contribution in [3.05, 3.63) is 24.0 Å². The largest absolute Gasteiger partial charge is 0.489 e. The third-order valence-corrected chi connectivity index (χ3v) is 3.39. The molecular weight excluding hydrogens is 228 g/mol. The quantitative estimate of drug-likeness (QED) is 0.860. The molecule has 18 heavy (non-hydrogen) atoms. The van der Waals surface area contributed by atoms with E-state index in [9.17, 15) is 5.11 Å². The highest BCUT2D eigenvalue weighted by Gasteiger charge is 2.35. The normalized spacial score (nSPS) is 28.4. The Morgan fingerprint density at radius 2 is 2.28 bits per heavy atom. The van der Waals surface area contributed by atoms with Gasteiger partial charge >= 0.3 is 0 Å². The topological polar surface area (TPSA) is 68.4 Å². The molecule has 1 saturated carbocycles. The highest BCUT2D eigenvalue weighted by atomic mass is 16.5. The second-order valence-corrected chi connectivity index (χ2v) is 5.46. The zero-order valence-electron chi connectivity index (χ0n) is 11.1. The van der Waals surface area contributed by atoms with Crippen LogP contribution in [0.2, 0.25) is 0 Å². The molecule has 0 saturated heterocycles. The lowest BCUT2D eigenvalue weighted by molar-refractivity contribution is -0.00773. The van der Waals surface area contributed by atoms with Crippen molar-refractivity contribution in [1.82, 2.24) is 4.98 Å². The van der Waals surface area contributed by atoms with Gasteiger partial charge in [0.2, 0.25) is 0 Å². The molecule has 0 radical (unpaired) electrons. The van der Waals surface area contributed by atoms with E-state index in [1.165, 1.54) is 0 Å². The molecule has 2 rings (SSSR count). The second kappa shape index (κ2) is 5.24. The summed E-state index contributed by atoms with van der Waals surface area (Å²) in [4.78, 5) is 4.16. The molecule has 0 aliphatic heterocycles. The van der Waals surface area contributed by atoms with Crippen molar-refractivity contribution in [2.75, 3.05) is 0 Å². The summed E-state index contributed by atoms with van der Waals surface area (Å²) in [5, 5.41) is 10.7. The molecule has 100 valence electrons. The van der Waals surface area contributed by atoms with Gasteiger partial charge in [0.1, 0.15) is 5.75 Å². The maximum atomic E-state index is 10.7. The lowest BCUT2D eigenvalue weighted by atomic mass is 9.78. The minimum Gasteiger partial charge on any atom is -0.489 e. The number of ether oxygens (including phenoxy) is 1. The molecule has 3 N–H and O–H groups in total. The van der Waals surface area contributed by atoms with Crippen molar-refractivity contribution in [3.8, 4) is 5.75 Å². The van der Waals surface area contributed by atoms with Crippen LogP contribution in [0.4, 0.5) is 0 Å². The van der Waals surface area contributed by atoms with Crippen LogP contribution in [-0.2, 0) is 5.60 Å². The van der Waals surface area contributed by atoms with E-state index in [0.717, 1.165) is 24.8 Å². The number of aromatic nitrogens is 1. The fourth-order valence-electron chi connectivity index (χ4n) is 2.57. The van der Waals surface area contributed by atoms with Gasteiger partial charge in [-0.15, -0.1) is 0 Å². The summed E-state index contributed by atoms with van der Waals surface area (Å²) in [7, 11) is 0. The first kappa shape index (κ1) is 13.3. The minimum absolute atomic E-state index is 0.0680. The summed E-state index contributed by atoms with van der Waals surface area (Å²) >= 11 is 0. The van der Waals surface area contributed by atoms with E-state index >= 15 is 0 Å². The van der Waals surface area contributed by atoms with E-state index in [1.54, 1.807) is 12.4 Å². The number of nitrogens with two attached hydrogens (primary N) is 1. The van der Waals surface area contributed by atoms with Gasteiger partial charge in [-0.25, -0.2) is 0 Å². The number of nitrogens with zero attached hydrogens (tertiary/aromatic N) is 1. The molecule has 1 aliphatic rings. The van der Waals surface area contributed by atoms with Crippen LogP contribution in [-0.4, -0.2) is 22.2 Å². The number of hydrogen-bond donors (Lipinski definition) is 2. The Morgan fingerprint density at radius 3 is 2.94 bits per heavy atom. The summed E-state index contributed by atoms with van der Waals surface area (Å²) in [5.41, 5.74) is 5.92. The predicted molar refractivity (Wildman–Crippen MR) is 70.3 cm³/mol. The zero-order chi connectivity index (χ0) is 13.2. The third-order valence-electron chi connectivity index (χ3n) is 3.39. The third kappa shape index (κ3) is 3.00. The fraction of sp³-hybridized carbons (Fsp3) is 0.643. The first-order valence-electron chi connectivity index (χ1n) is 6.60. The van der Waals surface area contributed by atoms with Crippen LogP contribution in [0.1, 0.15) is 45.1 Å². The van der Waals surface area contributed by atoms with Crippen molar-refractivity contribution < 1.29 is 9.84 Å². The van der Waals surface area contributed by atoms with E-state index in [-0.39, 0.29) is 12.1 Å². The maximum absolute atomic E-state index is 10.7. The van der Waals surface area contributed by atoms with E-state index < -0.39 is 5.60 Å². The molecule has 1 aromatic rings. The van der Waals surface area contributed by atoms with Gasteiger partial charge in [0.05, 0.1) is 17.9 Å². The molecule has 4 nitrogen and oxygen atoms in total. The van der Waals surface area contributed by atoms with Gasteiger partial charge in [-0.2, -0.15) is 0 Å². The number of rotatable bonds is 3. The van der Waals surface area contributed by atoms with Crippen molar-refractivity contribution >= 4 is 0 Å². The van der Waals surface area contributed by atoms with Crippen LogP contribution in [0.25, 0.3) is 0 Å². The fourth-order valence-corrected chi connectivity index (χ4v) is 2.57. The van der Waals surface area contributed by atoms with E-state index in [1.807, 2.05) is 19.9 Å². The predicted octanol–water partition coefficient (Wildman–Crippen LogP) is 1.96. The Morgan fingerprint density at radius 1 is 1.50 bits per heavy atom. The first-order chi connectivity index (χ1) is 8.49. The highest BCUT2D eigenvalue weighted by Crippen LogP contribution is 2.37. The number of aliphatic hydroxyl groups is 1. The van der Waals surface area contributed by atoms with E-state index in [0.29, 0.717) is 12.2 Å². The van der Waals surface area contributed by atoms with Gasteiger partial charge in [0.15, 0.2) is 0 Å². The van der Waals surface area contributed by atoms with Gasteiger partial charge in [-0.3, -0.25) is 4.98 Å². The Kier molecular flexibility index (Phi) is 3.88. The molecule has 1 heterocycles. The highest BCUT2D eigenvalue weighted by molar-refractivity contribution is 5.29. The van der Waals surface area contributed by atoms with Crippen molar-refractivity contribution in [1.29, 1.82) is 0 Å². The van der Waals surface area contributed by atoms with Crippen molar-refractivity contribution in [3.63, 3.8) is 0 Å². The van der Waals surface area contributed by atoms with Crippen LogP contribution in [0.15, 0.2) is 18.5 Å². The second-order valence-electron chi connectivity index (χ2n) is 5.46. The van der Waals surface area contributed by atoms with Crippen molar-refractivity contribution in [2.24, 2.45) is 5.73 Å². The van der Waals surface area contributed by atoms with Crippen LogP contribution >= 0.6 is 0 Å². The lowest BCUT2D eigenvalue weighted by Crippen LogP contribution is -2.39. The van der Waals surface area contributed by atoms with Crippen molar-refractivity contribution in [2.45, 2.75) is 57.3 Å². The van der Waals surface area contributed by atoms with Gasteiger partial charge in [-0.1, -0.05) is 0 Å². The molecule has 0 amide bonds. The SMILES string of the molecule is CC(C)Oc1cncc(C2(O)CCCC(N)C2)c1. The Balaban J connectivity index is 2.21. The number of pyridine rings is 1. The molecule has 0 aromatic carbocycles. The maximum Gasteiger partial charge on any atom is 0.138 e. The monoisotopic (exact) mass is 250 g/mol. The Labute approximate surface area is 108 Å². The summed E-state index contributed by atoms with van der Waals surface area (Å²) < 4.78 is 5.61. The molecular formula is C14H22N2O2. The average molecular weight is 250 g/mol. The van der Waals surface area contributed by atoms with Crippen LogP contribution in [0.5, 0.6) is 5.75 Å². The average Bonchev–Trinajstić information content (AvgIpc) is 2.28. The molecule has 1 aromatic heterocycles. The summed E-state index contributed by atoms with van der Waals surface area (Å²) in [6.07, 6.45) is 6.77. The molecule has 2 atom stereocenters. The molecule has 4 heteroatoms. The Hall–Kier alpha value is -1.13. The summed E-state index contributed by atoms with van der Waals surface area (Å²) in [6, 6.07) is 1.95. The van der Waals surface area contributed by atoms with Gasteiger partial charge in [0.25, 0.3) is 0 Å². The summed E-state index contributed by atoms with van der Waals surface area (Å²) in [6.45, 7) is 3.94. The standard InChI is InChI=1S/C14H22N2O2/c1-10(2)18-13-6-11(8-16-9-13)14(17)5-3-4-12(15)7-14/h6,8-10,12,17H,3-5,7,15H2,1-2H3. The minimum atomic E-state index is -0.846. The van der Waals surface area contributed by atoms with Gasteiger partial charge in [0, 0.05) is 17.8 Å². The number of hydrogen-bond acceptors (Lipinski definition) is 4. The molecule has 1 aliphatic carbocycles. The van der Waals surface area contributed by atoms with Crippen LogP contribution < -0.4 is 10.5 Å². The van der Waals surface area contributed by atoms with Gasteiger partial charge < -0.3 is 15.6 Å².